The number of rotatable bonds is 7. The van der Waals surface area contributed by atoms with Crippen molar-refractivity contribution in [3.8, 4) is 0 Å². The quantitative estimate of drug-likeness (QED) is 0.757. The van der Waals surface area contributed by atoms with Gasteiger partial charge in [-0.25, -0.2) is 8.78 Å². The Morgan fingerprint density at radius 2 is 2.05 bits per heavy atom. The number of hydrogen-bond donors (Lipinski definition) is 1. The lowest BCUT2D eigenvalue weighted by Crippen LogP contribution is -2.35. The molecule has 1 aliphatic heterocycles. The van der Waals surface area contributed by atoms with Crippen LogP contribution in [0.2, 0.25) is 0 Å². The molecular formula is C16H29F2NO. The molecule has 1 rings (SSSR count). The molecule has 0 radical (unpaired) electrons. The first kappa shape index (κ1) is 17.4. The van der Waals surface area contributed by atoms with Crippen LogP contribution >= 0.6 is 0 Å². The molecule has 3 unspecified atom stereocenters. The lowest BCUT2D eigenvalue weighted by molar-refractivity contribution is 0.00570. The molecule has 4 heteroatoms. The van der Waals surface area contributed by atoms with Gasteiger partial charge in [0.2, 0.25) is 6.43 Å². The van der Waals surface area contributed by atoms with Gasteiger partial charge in [0.1, 0.15) is 5.76 Å². The van der Waals surface area contributed by atoms with E-state index < -0.39 is 12.3 Å². The summed E-state index contributed by atoms with van der Waals surface area (Å²) >= 11 is 0. The predicted molar refractivity (Wildman–Crippen MR) is 78.8 cm³/mol. The summed E-state index contributed by atoms with van der Waals surface area (Å²) in [5.74, 6) is 0.695. The zero-order valence-electron chi connectivity index (χ0n) is 13.2. The van der Waals surface area contributed by atoms with Gasteiger partial charge in [0, 0.05) is 6.04 Å². The molecule has 1 heterocycles. The van der Waals surface area contributed by atoms with Crippen LogP contribution in [-0.4, -0.2) is 25.6 Å². The van der Waals surface area contributed by atoms with Crippen LogP contribution in [0.15, 0.2) is 11.8 Å². The van der Waals surface area contributed by atoms with E-state index in [0.29, 0.717) is 18.5 Å². The molecule has 0 aromatic carbocycles. The van der Waals surface area contributed by atoms with Crippen LogP contribution in [0, 0.1) is 17.8 Å². The Labute approximate surface area is 122 Å². The minimum atomic E-state index is -2.32. The van der Waals surface area contributed by atoms with Crippen molar-refractivity contribution in [2.75, 3.05) is 13.2 Å². The van der Waals surface area contributed by atoms with Crippen LogP contribution in [0.4, 0.5) is 8.78 Å². The second kappa shape index (κ2) is 8.60. The third-order valence-electron chi connectivity index (χ3n) is 4.36. The van der Waals surface area contributed by atoms with Crippen molar-refractivity contribution in [3.63, 3.8) is 0 Å². The minimum absolute atomic E-state index is 0.0674. The summed E-state index contributed by atoms with van der Waals surface area (Å²) in [4.78, 5) is 0. The minimum Gasteiger partial charge on any atom is -0.496 e. The van der Waals surface area contributed by atoms with Gasteiger partial charge in [-0.1, -0.05) is 34.1 Å². The van der Waals surface area contributed by atoms with Crippen molar-refractivity contribution < 1.29 is 13.5 Å². The van der Waals surface area contributed by atoms with Crippen molar-refractivity contribution in [2.24, 2.45) is 17.8 Å². The summed E-state index contributed by atoms with van der Waals surface area (Å²) in [6.45, 7) is 8.84. The first-order valence-corrected chi connectivity index (χ1v) is 7.79. The number of hydrogen-bond acceptors (Lipinski definition) is 2. The molecule has 118 valence electrons. The zero-order chi connectivity index (χ0) is 15.1. The molecule has 1 N–H and O–H groups in total. The molecule has 2 nitrogen and oxygen atoms in total. The molecule has 0 aliphatic carbocycles. The second-order valence-electron chi connectivity index (χ2n) is 6.17. The fraction of sp³-hybridized carbons (Fsp3) is 0.875. The molecule has 1 aliphatic rings. The van der Waals surface area contributed by atoms with Crippen molar-refractivity contribution >= 4 is 0 Å². The van der Waals surface area contributed by atoms with E-state index in [2.05, 4.69) is 25.2 Å². The highest BCUT2D eigenvalue weighted by Gasteiger charge is 2.25. The topological polar surface area (TPSA) is 21.3 Å². The molecule has 20 heavy (non-hydrogen) atoms. The van der Waals surface area contributed by atoms with Gasteiger partial charge >= 0.3 is 0 Å². The smallest absolute Gasteiger partial charge is 0.244 e. The average Bonchev–Trinajstić information content (AvgIpc) is 2.63. The van der Waals surface area contributed by atoms with Crippen LogP contribution < -0.4 is 5.32 Å². The van der Waals surface area contributed by atoms with Crippen LogP contribution in [0.3, 0.4) is 0 Å². The molecule has 0 spiro atoms. The maximum absolute atomic E-state index is 12.9. The molecule has 0 saturated heterocycles. The van der Waals surface area contributed by atoms with Crippen LogP contribution in [-0.2, 0) is 4.74 Å². The van der Waals surface area contributed by atoms with E-state index >= 15 is 0 Å². The van der Waals surface area contributed by atoms with E-state index in [4.69, 9.17) is 4.74 Å². The lowest BCUT2D eigenvalue weighted by Gasteiger charge is -2.23. The predicted octanol–water partition coefficient (Wildman–Crippen LogP) is 4.22. The highest BCUT2D eigenvalue weighted by molar-refractivity contribution is 5.00. The van der Waals surface area contributed by atoms with E-state index in [-0.39, 0.29) is 12.5 Å². The van der Waals surface area contributed by atoms with Gasteiger partial charge in [0.15, 0.2) is 0 Å². The summed E-state index contributed by atoms with van der Waals surface area (Å²) in [5, 5.41) is 3.48. The number of alkyl halides is 2. The van der Waals surface area contributed by atoms with Crippen LogP contribution in [0.25, 0.3) is 0 Å². The first-order chi connectivity index (χ1) is 9.45. The highest BCUT2D eigenvalue weighted by atomic mass is 19.3. The molecule has 0 aromatic rings. The van der Waals surface area contributed by atoms with Crippen molar-refractivity contribution in [3.05, 3.63) is 11.8 Å². The van der Waals surface area contributed by atoms with Gasteiger partial charge in [0.05, 0.1) is 19.1 Å². The molecule has 3 atom stereocenters. The third kappa shape index (κ3) is 5.39. The lowest BCUT2D eigenvalue weighted by atomic mass is 9.96. The Kier molecular flexibility index (Phi) is 7.49. The molecule has 0 bridgehead atoms. The van der Waals surface area contributed by atoms with Crippen molar-refractivity contribution in [1.82, 2.24) is 5.32 Å². The summed E-state index contributed by atoms with van der Waals surface area (Å²) in [6, 6.07) is 0.494. The van der Waals surface area contributed by atoms with E-state index in [1.807, 2.05) is 13.8 Å². The monoisotopic (exact) mass is 289 g/mol. The Balaban J connectivity index is 2.43. The second-order valence-corrected chi connectivity index (χ2v) is 6.17. The Bertz CT molecular complexity index is 297. The highest BCUT2D eigenvalue weighted by Crippen LogP contribution is 2.22. The van der Waals surface area contributed by atoms with Crippen LogP contribution in [0.5, 0.6) is 0 Å². The Morgan fingerprint density at radius 1 is 1.35 bits per heavy atom. The fourth-order valence-electron chi connectivity index (χ4n) is 2.47. The Morgan fingerprint density at radius 3 is 2.60 bits per heavy atom. The molecule has 0 aromatic heterocycles. The number of halogens is 2. The molecule has 0 fully saturated rings. The largest absolute Gasteiger partial charge is 0.496 e. The maximum atomic E-state index is 12.9. The third-order valence-corrected chi connectivity index (χ3v) is 4.36. The normalized spacial score (nSPS) is 23.4. The number of allylic oxidation sites excluding steroid dienone is 1. The van der Waals surface area contributed by atoms with Crippen molar-refractivity contribution in [2.45, 2.75) is 59.4 Å². The van der Waals surface area contributed by atoms with Gasteiger partial charge < -0.3 is 10.1 Å². The number of nitrogens with one attached hydrogen (secondary N) is 1. The fourth-order valence-corrected chi connectivity index (χ4v) is 2.47. The van der Waals surface area contributed by atoms with E-state index in [9.17, 15) is 8.78 Å². The summed E-state index contributed by atoms with van der Waals surface area (Å²) < 4.78 is 31.4. The van der Waals surface area contributed by atoms with Gasteiger partial charge in [0.25, 0.3) is 0 Å². The Hall–Kier alpha value is -0.640. The standard InChI is InChI=1S/C16H29F2NO/c1-5-12(4)15-8-6-7-13(9-19-15)20-10-14(11(2)3)16(17)18/h7,11-12,14-16,19H,5-6,8-10H2,1-4H3. The van der Waals surface area contributed by atoms with E-state index in [0.717, 1.165) is 25.0 Å². The summed E-state index contributed by atoms with van der Waals surface area (Å²) in [7, 11) is 0. The number of ether oxygens (including phenoxy) is 1. The molecular weight excluding hydrogens is 260 g/mol. The zero-order valence-corrected chi connectivity index (χ0v) is 13.2. The van der Waals surface area contributed by atoms with E-state index in [1.54, 1.807) is 0 Å². The van der Waals surface area contributed by atoms with Gasteiger partial charge in [-0.3, -0.25) is 0 Å². The van der Waals surface area contributed by atoms with Crippen LogP contribution in [0.1, 0.15) is 47.0 Å². The van der Waals surface area contributed by atoms with Gasteiger partial charge in [-0.15, -0.1) is 0 Å². The van der Waals surface area contributed by atoms with Gasteiger partial charge in [-0.2, -0.15) is 0 Å². The molecule has 0 amide bonds. The average molecular weight is 289 g/mol. The summed E-state index contributed by atoms with van der Waals surface area (Å²) in [6.07, 6.45) is 2.93. The summed E-state index contributed by atoms with van der Waals surface area (Å²) in [5.41, 5.74) is 0. The first-order valence-electron chi connectivity index (χ1n) is 7.79. The molecule has 0 saturated carbocycles. The van der Waals surface area contributed by atoms with Crippen molar-refractivity contribution in [1.29, 1.82) is 0 Å². The van der Waals surface area contributed by atoms with Gasteiger partial charge in [-0.05, 0) is 30.8 Å². The maximum Gasteiger partial charge on any atom is 0.244 e. The van der Waals surface area contributed by atoms with E-state index in [1.165, 1.54) is 0 Å². The SMILES string of the molecule is CCC(C)C1CCC=C(OCC(C(C)C)C(F)F)CN1.